The second-order valence-corrected chi connectivity index (χ2v) is 3.86. The van der Waals surface area contributed by atoms with Gasteiger partial charge in [0.25, 0.3) is 0 Å². The van der Waals surface area contributed by atoms with Crippen molar-refractivity contribution in [2.24, 2.45) is 0 Å². The fourth-order valence-corrected chi connectivity index (χ4v) is 2.13. The van der Waals surface area contributed by atoms with Gasteiger partial charge in [0.05, 0.1) is 6.04 Å². The minimum absolute atomic E-state index is 0.137. The molecule has 0 N–H and O–H groups in total. The normalized spacial score (nSPS) is 25.0. The first-order valence-electron chi connectivity index (χ1n) is 5.38. The van der Waals surface area contributed by atoms with Crippen LogP contribution >= 0.6 is 0 Å². The number of amides is 1. The number of nitrogens with zero attached hydrogens (tertiary/aromatic N) is 1. The van der Waals surface area contributed by atoms with Crippen LogP contribution in [0.3, 0.4) is 0 Å². The van der Waals surface area contributed by atoms with E-state index in [1.807, 2.05) is 17.1 Å². The molecule has 0 aromatic heterocycles. The lowest BCUT2D eigenvalue weighted by atomic mass is 9.98. The maximum absolute atomic E-state index is 11.6. The summed E-state index contributed by atoms with van der Waals surface area (Å²) in [6, 6.07) is 0.452. The van der Waals surface area contributed by atoms with Crippen molar-refractivity contribution in [3.05, 3.63) is 37.5 Å². The van der Waals surface area contributed by atoms with Gasteiger partial charge in [-0.25, -0.2) is 0 Å². The van der Waals surface area contributed by atoms with Crippen LogP contribution in [0.15, 0.2) is 37.5 Å². The molecule has 1 aliphatic rings. The Labute approximate surface area is 92.0 Å². The van der Waals surface area contributed by atoms with E-state index in [9.17, 15) is 4.79 Å². The summed E-state index contributed by atoms with van der Waals surface area (Å²) in [5.41, 5.74) is 0. The number of hydrogen-bond acceptors (Lipinski definition) is 1. The van der Waals surface area contributed by atoms with E-state index in [2.05, 4.69) is 25.3 Å². The minimum Gasteiger partial charge on any atom is -0.333 e. The Morgan fingerprint density at radius 1 is 1.47 bits per heavy atom. The Hall–Kier alpha value is -1.31. The van der Waals surface area contributed by atoms with Gasteiger partial charge < -0.3 is 4.90 Å². The molecule has 2 nitrogen and oxygen atoms in total. The highest BCUT2D eigenvalue weighted by molar-refractivity contribution is 5.74. The van der Waals surface area contributed by atoms with Crippen LogP contribution in [0.25, 0.3) is 0 Å². The predicted molar refractivity (Wildman–Crippen MR) is 63.5 cm³/mol. The first kappa shape index (κ1) is 11.8. The minimum atomic E-state index is 0.137. The molecule has 15 heavy (non-hydrogen) atoms. The van der Waals surface area contributed by atoms with Crippen LogP contribution in [0, 0.1) is 0 Å². The third-order valence-corrected chi connectivity index (χ3v) is 2.73. The zero-order valence-electron chi connectivity index (χ0n) is 9.36. The summed E-state index contributed by atoms with van der Waals surface area (Å²) >= 11 is 0. The highest BCUT2D eigenvalue weighted by Crippen LogP contribution is 2.22. The number of carbonyl (C=O) groups excluding carboxylic acids is 1. The molecule has 0 radical (unpaired) electrons. The van der Waals surface area contributed by atoms with E-state index >= 15 is 0 Å². The Kier molecular flexibility index (Phi) is 4.35. The van der Waals surface area contributed by atoms with Crippen molar-refractivity contribution in [2.45, 2.75) is 38.3 Å². The molecule has 1 rings (SSSR count). The SMILES string of the molecule is C=CC[C@@H]1CC=C[C@@H](CC=C)N1C(C)=O. The average molecular weight is 205 g/mol. The quantitative estimate of drug-likeness (QED) is 0.646. The first-order valence-corrected chi connectivity index (χ1v) is 5.38. The smallest absolute Gasteiger partial charge is 0.220 e. The zero-order valence-corrected chi connectivity index (χ0v) is 9.36. The van der Waals surface area contributed by atoms with Crippen LogP contribution in [0.5, 0.6) is 0 Å². The highest BCUT2D eigenvalue weighted by atomic mass is 16.2. The van der Waals surface area contributed by atoms with Crippen molar-refractivity contribution < 1.29 is 4.79 Å². The molecule has 0 bridgehead atoms. The molecule has 0 saturated carbocycles. The van der Waals surface area contributed by atoms with Crippen molar-refractivity contribution in [1.29, 1.82) is 0 Å². The van der Waals surface area contributed by atoms with Crippen LogP contribution in [0.4, 0.5) is 0 Å². The molecule has 1 heterocycles. The topological polar surface area (TPSA) is 20.3 Å². The summed E-state index contributed by atoms with van der Waals surface area (Å²) in [7, 11) is 0. The first-order chi connectivity index (χ1) is 7.20. The van der Waals surface area contributed by atoms with E-state index in [1.165, 1.54) is 0 Å². The summed E-state index contributed by atoms with van der Waals surface area (Å²) in [5.74, 6) is 0.137. The molecular weight excluding hydrogens is 186 g/mol. The van der Waals surface area contributed by atoms with Crippen molar-refractivity contribution in [3.63, 3.8) is 0 Å². The van der Waals surface area contributed by atoms with Crippen molar-refractivity contribution >= 4 is 5.91 Å². The third kappa shape index (κ3) is 2.82. The van der Waals surface area contributed by atoms with Crippen molar-refractivity contribution in [3.8, 4) is 0 Å². The van der Waals surface area contributed by atoms with Gasteiger partial charge in [-0.05, 0) is 19.3 Å². The lowest BCUT2D eigenvalue weighted by molar-refractivity contribution is -0.133. The molecule has 2 atom stereocenters. The van der Waals surface area contributed by atoms with E-state index in [-0.39, 0.29) is 18.0 Å². The fraction of sp³-hybridized carbons (Fsp3) is 0.462. The summed E-state index contributed by atoms with van der Waals surface area (Å²) in [6.45, 7) is 9.10. The summed E-state index contributed by atoms with van der Waals surface area (Å²) < 4.78 is 0. The van der Waals surface area contributed by atoms with Gasteiger partial charge in [-0.2, -0.15) is 0 Å². The Balaban J connectivity index is 2.82. The summed E-state index contributed by atoms with van der Waals surface area (Å²) in [6.07, 6.45) is 10.6. The van der Waals surface area contributed by atoms with Gasteiger partial charge in [0, 0.05) is 13.0 Å². The van der Waals surface area contributed by atoms with Gasteiger partial charge in [-0.3, -0.25) is 4.79 Å². The second kappa shape index (κ2) is 5.54. The number of rotatable bonds is 4. The molecule has 1 amide bonds. The van der Waals surface area contributed by atoms with E-state index in [0.717, 1.165) is 19.3 Å². The maximum Gasteiger partial charge on any atom is 0.220 e. The monoisotopic (exact) mass is 205 g/mol. The van der Waals surface area contributed by atoms with Crippen LogP contribution in [0.1, 0.15) is 26.2 Å². The van der Waals surface area contributed by atoms with Gasteiger partial charge in [0.2, 0.25) is 5.91 Å². The lowest BCUT2D eigenvalue weighted by Crippen LogP contribution is -2.46. The molecule has 0 aromatic rings. The summed E-state index contributed by atoms with van der Waals surface area (Å²) in [4.78, 5) is 13.5. The highest BCUT2D eigenvalue weighted by Gasteiger charge is 2.27. The van der Waals surface area contributed by atoms with Gasteiger partial charge >= 0.3 is 0 Å². The molecule has 82 valence electrons. The molecule has 0 unspecified atom stereocenters. The molecule has 0 spiro atoms. The predicted octanol–water partition coefficient (Wildman–Crippen LogP) is 2.68. The Morgan fingerprint density at radius 3 is 2.67 bits per heavy atom. The van der Waals surface area contributed by atoms with Crippen molar-refractivity contribution in [2.75, 3.05) is 0 Å². The second-order valence-electron chi connectivity index (χ2n) is 3.86. The van der Waals surface area contributed by atoms with Gasteiger partial charge in [0.15, 0.2) is 0 Å². The molecule has 0 aliphatic carbocycles. The van der Waals surface area contributed by atoms with Crippen molar-refractivity contribution in [1.82, 2.24) is 4.90 Å². The molecule has 2 heteroatoms. The number of hydrogen-bond donors (Lipinski definition) is 0. The van der Waals surface area contributed by atoms with Crippen LogP contribution in [0.2, 0.25) is 0 Å². The average Bonchev–Trinajstić information content (AvgIpc) is 2.18. The largest absolute Gasteiger partial charge is 0.333 e. The van der Waals surface area contributed by atoms with Crippen LogP contribution < -0.4 is 0 Å². The van der Waals surface area contributed by atoms with E-state index in [1.54, 1.807) is 6.92 Å². The van der Waals surface area contributed by atoms with E-state index < -0.39 is 0 Å². The lowest BCUT2D eigenvalue weighted by Gasteiger charge is -2.38. The Morgan fingerprint density at radius 2 is 2.13 bits per heavy atom. The zero-order chi connectivity index (χ0) is 11.3. The molecule has 0 aromatic carbocycles. The van der Waals surface area contributed by atoms with Crippen LogP contribution in [-0.2, 0) is 4.79 Å². The molecule has 1 aliphatic heterocycles. The molecule has 0 fully saturated rings. The molecule has 0 saturated heterocycles. The van der Waals surface area contributed by atoms with Gasteiger partial charge in [0.1, 0.15) is 0 Å². The molecular formula is C13H19NO. The van der Waals surface area contributed by atoms with Gasteiger partial charge in [-0.15, -0.1) is 13.2 Å². The third-order valence-electron chi connectivity index (χ3n) is 2.73. The van der Waals surface area contributed by atoms with E-state index in [0.29, 0.717) is 0 Å². The fourth-order valence-electron chi connectivity index (χ4n) is 2.13. The number of carbonyl (C=O) groups is 1. The summed E-state index contributed by atoms with van der Waals surface area (Å²) in [5, 5.41) is 0. The maximum atomic E-state index is 11.6. The van der Waals surface area contributed by atoms with E-state index in [4.69, 9.17) is 0 Å². The van der Waals surface area contributed by atoms with Crippen LogP contribution in [-0.4, -0.2) is 22.9 Å². The van der Waals surface area contributed by atoms with Gasteiger partial charge in [-0.1, -0.05) is 24.3 Å². The Bertz CT molecular complexity index is 280. The standard InChI is InChI=1S/C13H19NO/c1-4-7-12-9-6-10-13(8-5-2)14(12)11(3)15/h4-6,9,12-13H,1-2,7-8,10H2,3H3/t12-,13-/m1/s1.